The molecule has 1 aromatic heterocycles. The predicted octanol–water partition coefficient (Wildman–Crippen LogP) is 5.89. The summed E-state index contributed by atoms with van der Waals surface area (Å²) < 4.78 is 11.3. The lowest BCUT2D eigenvalue weighted by molar-refractivity contribution is -0.384. The van der Waals surface area contributed by atoms with Gasteiger partial charge in [0.25, 0.3) is 5.69 Å². The number of ether oxygens (including phenoxy) is 1. The molecule has 0 fully saturated rings. The van der Waals surface area contributed by atoms with Crippen molar-refractivity contribution in [3.05, 3.63) is 103 Å². The first-order valence-corrected chi connectivity index (χ1v) is 9.58. The minimum atomic E-state index is -0.876. The number of rotatable bonds is 4. The smallest absolute Gasteiger partial charge is 0.343 e. The van der Waals surface area contributed by atoms with Gasteiger partial charge in [-0.25, -0.2) is 4.79 Å². The lowest BCUT2D eigenvalue weighted by atomic mass is 10.1. The van der Waals surface area contributed by atoms with Crippen molar-refractivity contribution >= 4 is 45.8 Å². The molecule has 0 bridgehead atoms. The van der Waals surface area contributed by atoms with Crippen molar-refractivity contribution in [2.45, 2.75) is 0 Å². The highest BCUT2D eigenvalue weighted by molar-refractivity contribution is 6.31. The number of non-ortho nitro benzene ring substituents is 1. The Hall–Kier alpha value is -3.68. The van der Waals surface area contributed by atoms with Gasteiger partial charge in [-0.05, 0) is 54.6 Å². The zero-order valence-electron chi connectivity index (χ0n) is 15.5. The normalized spacial score (nSPS) is 10.8. The number of halogens is 2. The van der Waals surface area contributed by atoms with E-state index < -0.39 is 16.3 Å². The molecule has 9 heteroatoms. The third-order valence-corrected chi connectivity index (χ3v) is 4.91. The number of nitrogens with zero attached hydrogens (tertiary/aromatic N) is 1. The van der Waals surface area contributed by atoms with Gasteiger partial charge in [0, 0.05) is 27.7 Å². The molecule has 0 saturated heterocycles. The van der Waals surface area contributed by atoms with E-state index in [0.717, 1.165) is 0 Å². The summed E-state index contributed by atoms with van der Waals surface area (Å²) in [5.74, 6) is -1.18. The second-order valence-corrected chi connectivity index (χ2v) is 7.30. The lowest BCUT2D eigenvalue weighted by Crippen LogP contribution is -2.16. The van der Waals surface area contributed by atoms with Crippen LogP contribution < -0.4 is 10.2 Å². The van der Waals surface area contributed by atoms with E-state index in [-0.39, 0.29) is 33.7 Å². The van der Waals surface area contributed by atoms with Crippen LogP contribution in [0.3, 0.4) is 0 Å². The molecule has 7 nitrogen and oxygen atoms in total. The van der Waals surface area contributed by atoms with Gasteiger partial charge in [-0.15, -0.1) is 0 Å². The Kier molecular flexibility index (Phi) is 5.46. The largest absolute Gasteiger partial charge is 0.452 e. The van der Waals surface area contributed by atoms with E-state index in [9.17, 15) is 19.7 Å². The predicted molar refractivity (Wildman–Crippen MR) is 116 cm³/mol. The van der Waals surface area contributed by atoms with Gasteiger partial charge >= 0.3 is 5.97 Å². The Labute approximate surface area is 184 Å². The Bertz CT molecular complexity index is 1380. The number of nitro benzene ring substituents is 1. The number of hydrogen-bond acceptors (Lipinski definition) is 6. The summed E-state index contributed by atoms with van der Waals surface area (Å²) in [4.78, 5) is 36.0. The van der Waals surface area contributed by atoms with Crippen LogP contribution in [0, 0.1) is 10.1 Å². The van der Waals surface area contributed by atoms with E-state index in [0.29, 0.717) is 15.6 Å². The van der Waals surface area contributed by atoms with Crippen LogP contribution in [0.5, 0.6) is 5.75 Å². The molecule has 31 heavy (non-hydrogen) atoms. The Morgan fingerprint density at radius 2 is 1.58 bits per heavy atom. The van der Waals surface area contributed by atoms with Gasteiger partial charge in [0.15, 0.2) is 5.76 Å². The maximum Gasteiger partial charge on any atom is 0.343 e. The summed E-state index contributed by atoms with van der Waals surface area (Å²) in [5.41, 5.74) is -0.0280. The number of benzene rings is 3. The summed E-state index contributed by atoms with van der Waals surface area (Å²) in [6, 6.07) is 15.8. The second kappa shape index (κ2) is 8.22. The summed E-state index contributed by atoms with van der Waals surface area (Å²) >= 11 is 11.9. The Balaban J connectivity index is 1.84. The molecule has 0 aliphatic carbocycles. The summed E-state index contributed by atoms with van der Waals surface area (Å²) in [5, 5.41) is 11.7. The standard InChI is InChI=1S/C22H11Cl2NO6/c23-14-5-1-12(2-6-14)20-21(19(26)17-11-15(24)7-10-18(17)30-20)31-22(27)13-3-8-16(9-4-13)25(28)29/h1-11H. The zero-order chi connectivity index (χ0) is 22.1. The highest BCUT2D eigenvalue weighted by atomic mass is 35.5. The van der Waals surface area contributed by atoms with Gasteiger partial charge in [-0.1, -0.05) is 23.2 Å². The first kappa shape index (κ1) is 20.6. The van der Waals surface area contributed by atoms with Gasteiger partial charge in [0.2, 0.25) is 11.2 Å². The average Bonchev–Trinajstić information content (AvgIpc) is 2.76. The molecule has 154 valence electrons. The fourth-order valence-corrected chi connectivity index (χ4v) is 3.20. The van der Waals surface area contributed by atoms with Gasteiger partial charge in [-0.3, -0.25) is 14.9 Å². The molecule has 0 aliphatic rings. The number of fused-ring (bicyclic) bond motifs is 1. The quantitative estimate of drug-likeness (QED) is 0.216. The first-order chi connectivity index (χ1) is 14.8. The molecular formula is C22H11Cl2NO6. The van der Waals surface area contributed by atoms with Crippen LogP contribution in [0.25, 0.3) is 22.3 Å². The van der Waals surface area contributed by atoms with Crippen molar-refractivity contribution in [2.75, 3.05) is 0 Å². The Morgan fingerprint density at radius 1 is 0.935 bits per heavy atom. The van der Waals surface area contributed by atoms with E-state index in [1.807, 2.05) is 0 Å². The molecule has 0 radical (unpaired) electrons. The number of esters is 1. The molecule has 0 atom stereocenters. The second-order valence-electron chi connectivity index (χ2n) is 6.43. The molecule has 0 N–H and O–H groups in total. The van der Waals surface area contributed by atoms with Crippen LogP contribution in [0.1, 0.15) is 10.4 Å². The molecule has 0 aliphatic heterocycles. The number of hydrogen-bond donors (Lipinski definition) is 0. The molecule has 0 unspecified atom stereocenters. The van der Waals surface area contributed by atoms with Crippen molar-refractivity contribution in [3.63, 3.8) is 0 Å². The van der Waals surface area contributed by atoms with Crippen molar-refractivity contribution in [1.82, 2.24) is 0 Å². The monoisotopic (exact) mass is 455 g/mol. The van der Waals surface area contributed by atoms with Crippen LogP contribution >= 0.6 is 23.2 Å². The van der Waals surface area contributed by atoms with Crippen molar-refractivity contribution in [2.24, 2.45) is 0 Å². The molecular weight excluding hydrogens is 445 g/mol. The maximum absolute atomic E-state index is 13.1. The van der Waals surface area contributed by atoms with Gasteiger partial charge in [0.05, 0.1) is 15.9 Å². The third-order valence-electron chi connectivity index (χ3n) is 4.43. The van der Waals surface area contributed by atoms with Crippen LogP contribution in [0.2, 0.25) is 10.0 Å². The first-order valence-electron chi connectivity index (χ1n) is 8.82. The minimum absolute atomic E-state index is 0.0262. The third kappa shape index (κ3) is 4.14. The van der Waals surface area contributed by atoms with E-state index in [1.165, 1.54) is 30.3 Å². The number of carbonyl (C=O) groups excluding carboxylic acids is 1. The molecule has 4 rings (SSSR count). The highest BCUT2D eigenvalue weighted by Crippen LogP contribution is 2.33. The lowest BCUT2D eigenvalue weighted by Gasteiger charge is -2.11. The number of nitro groups is 1. The summed E-state index contributed by atoms with van der Waals surface area (Å²) in [7, 11) is 0. The molecule has 4 aromatic rings. The highest BCUT2D eigenvalue weighted by Gasteiger charge is 2.22. The summed E-state index contributed by atoms with van der Waals surface area (Å²) in [6.07, 6.45) is 0. The topological polar surface area (TPSA) is 99.7 Å². The SMILES string of the molecule is O=C(Oc1c(-c2ccc(Cl)cc2)oc2ccc(Cl)cc2c1=O)c1ccc([N+](=O)[O-])cc1. The molecule has 3 aromatic carbocycles. The van der Waals surface area contributed by atoms with Gasteiger partial charge in [0.1, 0.15) is 5.58 Å². The van der Waals surface area contributed by atoms with Crippen LogP contribution in [-0.4, -0.2) is 10.9 Å². The number of carbonyl (C=O) groups is 1. The Morgan fingerprint density at radius 3 is 2.23 bits per heavy atom. The van der Waals surface area contributed by atoms with Crippen molar-refractivity contribution in [3.8, 4) is 17.1 Å². The zero-order valence-corrected chi connectivity index (χ0v) is 17.0. The van der Waals surface area contributed by atoms with E-state index in [4.69, 9.17) is 32.4 Å². The molecule has 0 spiro atoms. The van der Waals surface area contributed by atoms with Crippen LogP contribution in [0.15, 0.2) is 75.9 Å². The van der Waals surface area contributed by atoms with Gasteiger partial charge in [-0.2, -0.15) is 0 Å². The van der Waals surface area contributed by atoms with E-state index in [1.54, 1.807) is 36.4 Å². The summed E-state index contributed by atoms with van der Waals surface area (Å²) in [6.45, 7) is 0. The average molecular weight is 456 g/mol. The van der Waals surface area contributed by atoms with E-state index in [2.05, 4.69) is 0 Å². The van der Waals surface area contributed by atoms with Crippen molar-refractivity contribution < 1.29 is 18.9 Å². The van der Waals surface area contributed by atoms with Crippen LogP contribution in [-0.2, 0) is 0 Å². The molecule has 0 saturated carbocycles. The maximum atomic E-state index is 13.1. The molecule has 0 amide bonds. The minimum Gasteiger partial charge on any atom is -0.452 e. The van der Waals surface area contributed by atoms with E-state index >= 15 is 0 Å². The van der Waals surface area contributed by atoms with Crippen molar-refractivity contribution in [1.29, 1.82) is 0 Å². The molecule has 1 heterocycles. The van der Waals surface area contributed by atoms with Gasteiger partial charge < -0.3 is 9.15 Å². The fraction of sp³-hybridized carbons (Fsp3) is 0. The fourth-order valence-electron chi connectivity index (χ4n) is 2.91. The van der Waals surface area contributed by atoms with Crippen LogP contribution in [0.4, 0.5) is 5.69 Å².